The van der Waals surface area contributed by atoms with Crippen molar-refractivity contribution in [2.45, 2.75) is 19.3 Å². The minimum absolute atomic E-state index is 0.277. The summed E-state index contributed by atoms with van der Waals surface area (Å²) in [6, 6.07) is 6.81. The molecule has 0 N–H and O–H groups in total. The fourth-order valence-electron chi connectivity index (χ4n) is 2.13. The lowest BCUT2D eigenvalue weighted by Gasteiger charge is -2.09. The van der Waals surface area contributed by atoms with Crippen molar-refractivity contribution < 1.29 is 4.79 Å². The van der Waals surface area contributed by atoms with Gasteiger partial charge in [0.05, 0.1) is 27.4 Å². The molecule has 2 aromatic rings. The van der Waals surface area contributed by atoms with Gasteiger partial charge in [-0.3, -0.25) is 9.48 Å². The van der Waals surface area contributed by atoms with Crippen molar-refractivity contribution in [2.24, 2.45) is 7.05 Å². The van der Waals surface area contributed by atoms with E-state index in [1.807, 2.05) is 13.0 Å². The molecule has 108 valence electrons. The number of hydrogen-bond donors (Lipinski definition) is 0. The molecule has 0 saturated carbocycles. The van der Waals surface area contributed by atoms with Crippen LogP contribution in [0.3, 0.4) is 0 Å². The van der Waals surface area contributed by atoms with E-state index in [1.54, 1.807) is 36.1 Å². The van der Waals surface area contributed by atoms with Crippen molar-refractivity contribution in [1.29, 1.82) is 5.26 Å². The molecule has 4 nitrogen and oxygen atoms in total. The van der Waals surface area contributed by atoms with Crippen LogP contribution in [0.4, 0.5) is 0 Å². The molecular formula is C15H13Cl2N3O. The van der Waals surface area contributed by atoms with Gasteiger partial charge in [-0.05, 0) is 24.1 Å². The summed E-state index contributed by atoms with van der Waals surface area (Å²) in [5.74, 6) is -1.20. The van der Waals surface area contributed by atoms with Crippen molar-refractivity contribution in [2.75, 3.05) is 0 Å². The number of Topliss-reactive ketones (excluding diaryl/α,β-unsaturated/α-hetero) is 1. The van der Waals surface area contributed by atoms with Crippen LogP contribution in [0.15, 0.2) is 24.4 Å². The molecule has 1 atom stereocenters. The topological polar surface area (TPSA) is 58.7 Å². The number of aromatic nitrogens is 2. The SMILES string of the molecule is CCc1nn(C)cc1C(=O)C(C#N)c1ccc(Cl)c(Cl)c1. The Kier molecular flexibility index (Phi) is 4.66. The number of carbonyl (C=O) groups excluding carboxylic acids is 1. The summed E-state index contributed by atoms with van der Waals surface area (Å²) in [7, 11) is 1.75. The number of nitriles is 1. The van der Waals surface area contributed by atoms with E-state index in [2.05, 4.69) is 5.10 Å². The number of ketones is 1. The molecule has 2 rings (SSSR count). The van der Waals surface area contributed by atoms with Gasteiger partial charge in [0.25, 0.3) is 0 Å². The average molecular weight is 322 g/mol. The maximum atomic E-state index is 12.6. The summed E-state index contributed by atoms with van der Waals surface area (Å²) in [5, 5.41) is 14.3. The summed E-state index contributed by atoms with van der Waals surface area (Å²) in [5.41, 5.74) is 1.68. The van der Waals surface area contributed by atoms with Gasteiger partial charge in [0.1, 0.15) is 5.92 Å². The van der Waals surface area contributed by atoms with E-state index < -0.39 is 5.92 Å². The highest BCUT2D eigenvalue weighted by atomic mass is 35.5. The normalized spacial score (nSPS) is 12.0. The first-order valence-electron chi connectivity index (χ1n) is 6.39. The van der Waals surface area contributed by atoms with Crippen molar-refractivity contribution in [1.82, 2.24) is 9.78 Å². The van der Waals surface area contributed by atoms with E-state index >= 15 is 0 Å². The molecule has 0 aliphatic rings. The Morgan fingerprint density at radius 3 is 2.71 bits per heavy atom. The van der Waals surface area contributed by atoms with Crippen LogP contribution in [0.2, 0.25) is 10.0 Å². The minimum Gasteiger partial charge on any atom is -0.292 e. The van der Waals surface area contributed by atoms with Gasteiger partial charge < -0.3 is 0 Å². The Hall–Kier alpha value is -1.83. The van der Waals surface area contributed by atoms with Gasteiger partial charge in [0.2, 0.25) is 0 Å². The number of carbonyl (C=O) groups is 1. The standard InChI is InChI=1S/C15H13Cl2N3O/c1-3-14-11(8-20(2)19-14)15(21)10(7-18)9-4-5-12(16)13(17)6-9/h4-6,8,10H,3H2,1-2H3. The summed E-state index contributed by atoms with van der Waals surface area (Å²) in [6.07, 6.45) is 2.27. The summed E-state index contributed by atoms with van der Waals surface area (Å²) in [6.45, 7) is 1.92. The predicted octanol–water partition coefficient (Wildman–Crippen LogP) is 3.78. The van der Waals surface area contributed by atoms with Gasteiger partial charge in [0, 0.05) is 13.2 Å². The zero-order valence-corrected chi connectivity index (χ0v) is 13.1. The molecule has 1 aromatic carbocycles. The first-order valence-corrected chi connectivity index (χ1v) is 7.14. The molecule has 0 saturated heterocycles. The van der Waals surface area contributed by atoms with Crippen molar-refractivity contribution in [3.8, 4) is 6.07 Å². The lowest BCUT2D eigenvalue weighted by Crippen LogP contribution is -2.12. The average Bonchev–Trinajstić information content (AvgIpc) is 2.84. The molecule has 1 heterocycles. The van der Waals surface area contributed by atoms with E-state index in [0.29, 0.717) is 33.3 Å². The summed E-state index contributed by atoms with van der Waals surface area (Å²) < 4.78 is 1.58. The second kappa shape index (κ2) is 6.30. The van der Waals surface area contributed by atoms with Crippen molar-refractivity contribution in [3.05, 3.63) is 51.3 Å². The number of hydrogen-bond acceptors (Lipinski definition) is 3. The lowest BCUT2D eigenvalue weighted by atomic mass is 9.92. The van der Waals surface area contributed by atoms with Crippen LogP contribution in [0, 0.1) is 11.3 Å². The van der Waals surface area contributed by atoms with E-state index in [9.17, 15) is 10.1 Å². The van der Waals surface area contributed by atoms with E-state index in [-0.39, 0.29) is 5.78 Å². The van der Waals surface area contributed by atoms with Crippen LogP contribution in [-0.4, -0.2) is 15.6 Å². The summed E-state index contributed by atoms with van der Waals surface area (Å²) in [4.78, 5) is 12.6. The van der Waals surface area contributed by atoms with Crippen molar-refractivity contribution in [3.63, 3.8) is 0 Å². The van der Waals surface area contributed by atoms with Gasteiger partial charge >= 0.3 is 0 Å². The third kappa shape index (κ3) is 3.10. The second-order valence-corrected chi connectivity index (χ2v) is 5.43. The third-order valence-corrected chi connectivity index (χ3v) is 3.91. The molecule has 0 aliphatic heterocycles. The number of rotatable bonds is 4. The minimum atomic E-state index is -0.922. The highest BCUT2D eigenvalue weighted by molar-refractivity contribution is 6.42. The number of aryl methyl sites for hydroxylation is 2. The third-order valence-electron chi connectivity index (χ3n) is 3.17. The number of halogens is 2. The Morgan fingerprint density at radius 1 is 1.43 bits per heavy atom. The molecule has 0 spiro atoms. The Labute approximate surface area is 132 Å². The predicted molar refractivity (Wildman–Crippen MR) is 81.7 cm³/mol. The van der Waals surface area contributed by atoms with E-state index in [4.69, 9.17) is 23.2 Å². The van der Waals surface area contributed by atoms with Gasteiger partial charge in [-0.15, -0.1) is 0 Å². The largest absolute Gasteiger partial charge is 0.292 e. The van der Waals surface area contributed by atoms with Crippen LogP contribution in [-0.2, 0) is 13.5 Å². The Bertz CT molecular complexity index is 731. The maximum absolute atomic E-state index is 12.6. The molecule has 0 amide bonds. The highest BCUT2D eigenvalue weighted by Crippen LogP contribution is 2.28. The molecule has 21 heavy (non-hydrogen) atoms. The molecule has 0 aliphatic carbocycles. The van der Waals surface area contributed by atoms with Crippen molar-refractivity contribution >= 4 is 29.0 Å². The molecular weight excluding hydrogens is 309 g/mol. The quantitative estimate of drug-likeness (QED) is 0.805. The Balaban J connectivity index is 2.43. The van der Waals surface area contributed by atoms with Crippen LogP contribution in [0.1, 0.15) is 34.5 Å². The monoisotopic (exact) mass is 321 g/mol. The first-order chi connectivity index (χ1) is 9.97. The lowest BCUT2D eigenvalue weighted by molar-refractivity contribution is 0.0978. The van der Waals surface area contributed by atoms with E-state index in [0.717, 1.165) is 0 Å². The smallest absolute Gasteiger partial charge is 0.187 e. The van der Waals surface area contributed by atoms with Crippen LogP contribution >= 0.6 is 23.2 Å². The zero-order valence-electron chi connectivity index (χ0n) is 11.6. The molecule has 0 radical (unpaired) electrons. The van der Waals surface area contributed by atoms with Crippen LogP contribution < -0.4 is 0 Å². The number of benzene rings is 1. The summed E-state index contributed by atoms with van der Waals surface area (Å²) >= 11 is 11.8. The maximum Gasteiger partial charge on any atom is 0.187 e. The molecule has 6 heteroatoms. The van der Waals surface area contributed by atoms with E-state index in [1.165, 1.54) is 0 Å². The highest BCUT2D eigenvalue weighted by Gasteiger charge is 2.26. The van der Waals surface area contributed by atoms with Gasteiger partial charge in [-0.2, -0.15) is 10.4 Å². The van der Waals surface area contributed by atoms with Gasteiger partial charge in [-0.1, -0.05) is 36.2 Å². The van der Waals surface area contributed by atoms with Gasteiger partial charge in [0.15, 0.2) is 5.78 Å². The first kappa shape index (κ1) is 15.6. The fraction of sp³-hybridized carbons (Fsp3) is 0.267. The fourth-order valence-corrected chi connectivity index (χ4v) is 2.44. The molecule has 1 aromatic heterocycles. The molecule has 0 bridgehead atoms. The zero-order chi connectivity index (χ0) is 15.6. The van der Waals surface area contributed by atoms with Crippen LogP contribution in [0.5, 0.6) is 0 Å². The van der Waals surface area contributed by atoms with Gasteiger partial charge in [-0.25, -0.2) is 0 Å². The number of nitrogens with zero attached hydrogens (tertiary/aromatic N) is 3. The molecule has 1 unspecified atom stereocenters. The molecule has 0 fully saturated rings. The van der Waals surface area contributed by atoms with Crippen LogP contribution in [0.25, 0.3) is 0 Å². The Morgan fingerprint density at radius 2 is 2.14 bits per heavy atom. The second-order valence-electron chi connectivity index (χ2n) is 4.62.